The number of aryl methyl sites for hydroxylation is 1. The lowest BCUT2D eigenvalue weighted by Gasteiger charge is -2.07. The Bertz CT molecular complexity index is 613. The molecule has 2 rings (SSSR count). The summed E-state index contributed by atoms with van der Waals surface area (Å²) in [6.07, 6.45) is 0. The van der Waals surface area contributed by atoms with Crippen LogP contribution >= 0.6 is 27.5 Å². The van der Waals surface area contributed by atoms with Gasteiger partial charge in [0.25, 0.3) is 0 Å². The molecule has 0 aliphatic heterocycles. The number of carbonyl (C=O) groups is 1. The monoisotopic (exact) mass is 313 g/mol. The quantitative estimate of drug-likeness (QED) is 0.753. The number of methoxy groups -OCH3 is 1. The number of rotatable bonds is 1. The zero-order valence-electron chi connectivity index (χ0n) is 9.25. The van der Waals surface area contributed by atoms with E-state index in [4.69, 9.17) is 11.6 Å². The Balaban J connectivity index is 2.79. The first-order valence-corrected chi connectivity index (χ1v) is 6.05. The van der Waals surface area contributed by atoms with Crippen molar-refractivity contribution in [2.45, 2.75) is 6.92 Å². The van der Waals surface area contributed by atoms with Crippen molar-refractivity contribution in [1.82, 2.24) is 4.98 Å². The molecule has 0 N–H and O–H groups in total. The van der Waals surface area contributed by atoms with Crippen molar-refractivity contribution in [2.24, 2.45) is 0 Å². The molecular formula is C12H9BrClNO2. The van der Waals surface area contributed by atoms with Gasteiger partial charge in [-0.1, -0.05) is 23.7 Å². The average Bonchev–Trinajstić information content (AvgIpc) is 2.33. The molecule has 0 saturated carbocycles. The fourth-order valence-corrected chi connectivity index (χ4v) is 2.22. The van der Waals surface area contributed by atoms with Crippen molar-refractivity contribution in [3.63, 3.8) is 0 Å². The number of nitrogens with zero attached hydrogens (tertiary/aromatic N) is 1. The van der Waals surface area contributed by atoms with Crippen LogP contribution in [0.25, 0.3) is 10.9 Å². The van der Waals surface area contributed by atoms with Crippen LogP contribution in [0, 0.1) is 6.92 Å². The van der Waals surface area contributed by atoms with Crippen LogP contribution in [0.5, 0.6) is 0 Å². The number of hydrogen-bond donors (Lipinski definition) is 0. The topological polar surface area (TPSA) is 39.2 Å². The number of benzene rings is 1. The van der Waals surface area contributed by atoms with Crippen molar-refractivity contribution in [3.8, 4) is 0 Å². The van der Waals surface area contributed by atoms with Crippen LogP contribution in [0.15, 0.2) is 22.7 Å². The predicted molar refractivity (Wildman–Crippen MR) is 70.5 cm³/mol. The number of hydrogen-bond acceptors (Lipinski definition) is 3. The van der Waals surface area contributed by atoms with Crippen molar-refractivity contribution in [2.75, 3.05) is 7.11 Å². The second kappa shape index (κ2) is 4.63. The molecule has 0 atom stereocenters. The molecule has 3 nitrogen and oxygen atoms in total. The van der Waals surface area contributed by atoms with Gasteiger partial charge in [0.1, 0.15) is 0 Å². The Morgan fingerprint density at radius 3 is 2.82 bits per heavy atom. The minimum Gasteiger partial charge on any atom is -0.464 e. The van der Waals surface area contributed by atoms with Gasteiger partial charge in [0.15, 0.2) is 5.69 Å². The standard InChI is InChI=1S/C12H9BrClNO2/c1-6-3-4-7-8(14)5-9(12(16)17-2)15-11(7)10(6)13/h3-5H,1-2H3. The number of carbonyl (C=O) groups excluding carboxylic acids is 1. The third-order valence-electron chi connectivity index (χ3n) is 2.46. The molecule has 0 aliphatic carbocycles. The number of aromatic nitrogens is 1. The van der Waals surface area contributed by atoms with Crippen LogP contribution in [-0.4, -0.2) is 18.1 Å². The van der Waals surface area contributed by atoms with E-state index in [1.54, 1.807) is 0 Å². The Morgan fingerprint density at radius 1 is 1.47 bits per heavy atom. The molecule has 5 heteroatoms. The van der Waals surface area contributed by atoms with E-state index in [9.17, 15) is 4.79 Å². The number of ether oxygens (including phenoxy) is 1. The van der Waals surface area contributed by atoms with E-state index in [1.807, 2.05) is 19.1 Å². The van der Waals surface area contributed by atoms with Gasteiger partial charge in [-0.15, -0.1) is 0 Å². The lowest BCUT2D eigenvalue weighted by Crippen LogP contribution is -2.04. The molecule has 1 aromatic carbocycles. The molecule has 88 valence electrons. The van der Waals surface area contributed by atoms with Gasteiger partial charge in [-0.05, 0) is 34.5 Å². The van der Waals surface area contributed by atoms with Crippen LogP contribution in [0.1, 0.15) is 16.1 Å². The van der Waals surface area contributed by atoms with Gasteiger partial charge >= 0.3 is 5.97 Å². The Kier molecular flexibility index (Phi) is 3.35. The third kappa shape index (κ3) is 2.15. The fourth-order valence-electron chi connectivity index (χ4n) is 1.53. The Morgan fingerprint density at radius 2 is 2.18 bits per heavy atom. The van der Waals surface area contributed by atoms with E-state index in [0.717, 1.165) is 15.4 Å². The highest BCUT2D eigenvalue weighted by molar-refractivity contribution is 9.10. The first kappa shape index (κ1) is 12.3. The highest BCUT2D eigenvalue weighted by Gasteiger charge is 2.13. The van der Waals surface area contributed by atoms with Gasteiger partial charge in [-0.2, -0.15) is 0 Å². The van der Waals surface area contributed by atoms with E-state index in [1.165, 1.54) is 13.2 Å². The van der Waals surface area contributed by atoms with Crippen LogP contribution in [0.3, 0.4) is 0 Å². The molecule has 0 unspecified atom stereocenters. The smallest absolute Gasteiger partial charge is 0.356 e. The number of fused-ring (bicyclic) bond motifs is 1. The predicted octanol–water partition coefficient (Wildman–Crippen LogP) is 3.75. The molecule has 0 bridgehead atoms. The minimum atomic E-state index is -0.498. The average molecular weight is 315 g/mol. The first-order valence-electron chi connectivity index (χ1n) is 4.88. The van der Waals surface area contributed by atoms with Gasteiger partial charge in [0, 0.05) is 9.86 Å². The second-order valence-electron chi connectivity index (χ2n) is 3.57. The molecule has 1 aromatic heterocycles. The highest BCUT2D eigenvalue weighted by atomic mass is 79.9. The summed E-state index contributed by atoms with van der Waals surface area (Å²) >= 11 is 9.57. The van der Waals surface area contributed by atoms with Gasteiger partial charge in [0.2, 0.25) is 0 Å². The van der Waals surface area contributed by atoms with Gasteiger partial charge in [-0.3, -0.25) is 0 Å². The highest BCUT2D eigenvalue weighted by Crippen LogP contribution is 2.31. The van der Waals surface area contributed by atoms with Crippen molar-refractivity contribution < 1.29 is 9.53 Å². The van der Waals surface area contributed by atoms with Crippen LogP contribution in [0.4, 0.5) is 0 Å². The molecule has 2 aromatic rings. The largest absolute Gasteiger partial charge is 0.464 e. The lowest BCUT2D eigenvalue weighted by atomic mass is 10.1. The molecule has 0 saturated heterocycles. The summed E-state index contributed by atoms with van der Waals surface area (Å²) in [5, 5.41) is 1.29. The zero-order chi connectivity index (χ0) is 12.6. The molecule has 1 heterocycles. The van der Waals surface area contributed by atoms with Gasteiger partial charge in [-0.25, -0.2) is 9.78 Å². The maximum Gasteiger partial charge on any atom is 0.356 e. The van der Waals surface area contributed by atoms with Crippen LogP contribution in [-0.2, 0) is 4.74 Å². The van der Waals surface area contributed by atoms with Crippen LogP contribution in [0.2, 0.25) is 5.02 Å². The van der Waals surface area contributed by atoms with E-state index in [2.05, 4.69) is 25.7 Å². The molecule has 0 amide bonds. The Labute approximate surface area is 112 Å². The van der Waals surface area contributed by atoms with Crippen molar-refractivity contribution >= 4 is 44.4 Å². The molecule has 0 aliphatic rings. The van der Waals surface area contributed by atoms with Gasteiger partial charge < -0.3 is 4.74 Å². The summed E-state index contributed by atoms with van der Waals surface area (Å²) in [4.78, 5) is 15.7. The number of halogens is 2. The Hall–Kier alpha value is -1.13. The summed E-state index contributed by atoms with van der Waals surface area (Å²) in [5.74, 6) is -0.498. The van der Waals surface area contributed by atoms with Crippen LogP contribution < -0.4 is 0 Å². The first-order chi connectivity index (χ1) is 8.04. The molecule has 0 fully saturated rings. The summed E-state index contributed by atoms with van der Waals surface area (Å²) in [6, 6.07) is 5.33. The third-order valence-corrected chi connectivity index (χ3v) is 3.77. The molecule has 17 heavy (non-hydrogen) atoms. The SMILES string of the molecule is COC(=O)c1cc(Cl)c2ccc(C)c(Br)c2n1. The van der Waals surface area contributed by atoms with Gasteiger partial charge in [0.05, 0.1) is 17.6 Å². The summed E-state index contributed by atoms with van der Waals surface area (Å²) in [7, 11) is 1.31. The maximum atomic E-state index is 11.4. The number of pyridine rings is 1. The summed E-state index contributed by atoms with van der Waals surface area (Å²) < 4.78 is 5.47. The number of esters is 1. The van der Waals surface area contributed by atoms with Crippen molar-refractivity contribution in [1.29, 1.82) is 0 Å². The van der Waals surface area contributed by atoms with Crippen molar-refractivity contribution in [3.05, 3.63) is 39.0 Å². The summed E-state index contributed by atoms with van der Waals surface area (Å²) in [5.41, 5.74) is 1.90. The molecule has 0 spiro atoms. The molecule has 0 radical (unpaired) electrons. The van der Waals surface area contributed by atoms with E-state index >= 15 is 0 Å². The van der Waals surface area contributed by atoms with E-state index < -0.39 is 5.97 Å². The zero-order valence-corrected chi connectivity index (χ0v) is 11.6. The normalized spacial score (nSPS) is 10.6. The molecular weight excluding hydrogens is 305 g/mol. The summed E-state index contributed by atoms with van der Waals surface area (Å²) in [6.45, 7) is 1.95. The maximum absolute atomic E-state index is 11.4. The minimum absolute atomic E-state index is 0.205. The lowest BCUT2D eigenvalue weighted by molar-refractivity contribution is 0.0594. The second-order valence-corrected chi connectivity index (χ2v) is 4.77. The fraction of sp³-hybridized carbons (Fsp3) is 0.167. The van der Waals surface area contributed by atoms with E-state index in [-0.39, 0.29) is 5.69 Å². The van der Waals surface area contributed by atoms with E-state index in [0.29, 0.717) is 10.5 Å².